The van der Waals surface area contributed by atoms with Crippen LogP contribution in [0.3, 0.4) is 0 Å². The molecule has 1 saturated carbocycles. The van der Waals surface area contributed by atoms with Crippen molar-refractivity contribution >= 4 is 17.3 Å². The van der Waals surface area contributed by atoms with Gasteiger partial charge in [0, 0.05) is 30.8 Å². The summed E-state index contributed by atoms with van der Waals surface area (Å²) in [5, 5.41) is 10.9. The van der Waals surface area contributed by atoms with Gasteiger partial charge in [-0.15, -0.1) is 0 Å². The van der Waals surface area contributed by atoms with Crippen molar-refractivity contribution in [1.29, 1.82) is 0 Å². The predicted molar refractivity (Wildman–Crippen MR) is 77.6 cm³/mol. The summed E-state index contributed by atoms with van der Waals surface area (Å²) in [4.78, 5) is 24.6. The molecule has 1 aliphatic carbocycles. The first-order valence-electron chi connectivity index (χ1n) is 7.06. The van der Waals surface area contributed by atoms with Crippen LogP contribution in [0, 0.1) is 22.0 Å². The van der Waals surface area contributed by atoms with E-state index in [4.69, 9.17) is 11.5 Å². The van der Waals surface area contributed by atoms with Crippen LogP contribution in [0.4, 0.5) is 11.4 Å². The van der Waals surface area contributed by atoms with Gasteiger partial charge in [0.05, 0.1) is 4.92 Å². The minimum atomic E-state index is -0.569. The van der Waals surface area contributed by atoms with Gasteiger partial charge in [-0.3, -0.25) is 14.9 Å². The van der Waals surface area contributed by atoms with Gasteiger partial charge < -0.3 is 16.4 Å². The Hall–Kier alpha value is -2.15. The summed E-state index contributed by atoms with van der Waals surface area (Å²) in [7, 11) is 0. The van der Waals surface area contributed by atoms with Gasteiger partial charge in [0.2, 0.25) is 0 Å². The quantitative estimate of drug-likeness (QED) is 0.478. The zero-order valence-electron chi connectivity index (χ0n) is 11.6. The molecule has 0 aromatic heterocycles. The summed E-state index contributed by atoms with van der Waals surface area (Å²) in [5.41, 5.74) is 11.8. The van der Waals surface area contributed by atoms with Crippen LogP contribution in [0.15, 0.2) is 18.2 Å². The maximum Gasteiger partial charge on any atom is 0.292 e. The third-order valence-electron chi connectivity index (χ3n) is 4.67. The molecule has 7 nitrogen and oxygen atoms in total. The topological polar surface area (TPSA) is 115 Å². The molecule has 2 aliphatic rings. The monoisotopic (exact) mass is 290 g/mol. The van der Waals surface area contributed by atoms with Crippen molar-refractivity contribution in [3.05, 3.63) is 33.9 Å². The van der Waals surface area contributed by atoms with Crippen LogP contribution in [0.5, 0.6) is 0 Å². The van der Waals surface area contributed by atoms with Gasteiger partial charge in [-0.25, -0.2) is 0 Å². The molecule has 1 aromatic carbocycles. The van der Waals surface area contributed by atoms with E-state index in [1.807, 2.05) is 0 Å². The number of benzene rings is 1. The van der Waals surface area contributed by atoms with E-state index < -0.39 is 4.92 Å². The van der Waals surface area contributed by atoms with Crippen LogP contribution in [-0.4, -0.2) is 34.9 Å². The lowest BCUT2D eigenvalue weighted by Gasteiger charge is -2.18. The Morgan fingerprint density at radius 1 is 1.33 bits per heavy atom. The summed E-state index contributed by atoms with van der Waals surface area (Å²) in [6.45, 7) is 1.33. The maximum absolute atomic E-state index is 12.5. The lowest BCUT2D eigenvalue weighted by Crippen LogP contribution is -2.33. The van der Waals surface area contributed by atoms with Gasteiger partial charge in [0.25, 0.3) is 11.6 Å². The Bertz CT molecular complexity index is 604. The smallest absolute Gasteiger partial charge is 0.292 e. The molecule has 3 unspecified atom stereocenters. The third kappa shape index (κ3) is 2.33. The highest BCUT2D eigenvalue weighted by Gasteiger charge is 2.42. The van der Waals surface area contributed by atoms with E-state index in [1.165, 1.54) is 12.1 Å². The number of carbonyl (C=O) groups excluding carboxylic acids is 1. The minimum Gasteiger partial charge on any atom is -0.393 e. The van der Waals surface area contributed by atoms with Crippen molar-refractivity contribution in [3.8, 4) is 0 Å². The van der Waals surface area contributed by atoms with Gasteiger partial charge in [-0.05, 0) is 36.8 Å². The fourth-order valence-electron chi connectivity index (χ4n) is 3.49. The van der Waals surface area contributed by atoms with E-state index in [-0.39, 0.29) is 23.3 Å². The molecule has 4 N–H and O–H groups in total. The first kappa shape index (κ1) is 13.8. The number of nitrogen functional groups attached to an aromatic ring is 1. The van der Waals surface area contributed by atoms with E-state index in [9.17, 15) is 14.9 Å². The second-order valence-corrected chi connectivity index (χ2v) is 5.91. The van der Waals surface area contributed by atoms with Crippen LogP contribution >= 0.6 is 0 Å². The maximum atomic E-state index is 12.5. The van der Waals surface area contributed by atoms with E-state index in [0.29, 0.717) is 30.5 Å². The molecule has 1 amide bonds. The molecule has 0 bridgehead atoms. The number of carbonyl (C=O) groups is 1. The fraction of sp³-hybridized carbons (Fsp3) is 0.500. The molecule has 7 heteroatoms. The van der Waals surface area contributed by atoms with Gasteiger partial charge in [-0.2, -0.15) is 0 Å². The first-order valence-corrected chi connectivity index (χ1v) is 7.06. The van der Waals surface area contributed by atoms with Crippen molar-refractivity contribution < 1.29 is 9.72 Å². The largest absolute Gasteiger partial charge is 0.393 e. The van der Waals surface area contributed by atoms with Crippen LogP contribution in [0.2, 0.25) is 0 Å². The Balaban J connectivity index is 1.80. The predicted octanol–water partition coefficient (Wildman–Crippen LogP) is 0.986. The highest BCUT2D eigenvalue weighted by molar-refractivity contribution is 5.95. The molecule has 1 heterocycles. The van der Waals surface area contributed by atoms with E-state index >= 15 is 0 Å². The zero-order chi connectivity index (χ0) is 15.1. The Labute approximate surface area is 122 Å². The number of hydrogen-bond donors (Lipinski definition) is 2. The second-order valence-electron chi connectivity index (χ2n) is 5.91. The zero-order valence-corrected chi connectivity index (χ0v) is 11.6. The molecule has 1 saturated heterocycles. The third-order valence-corrected chi connectivity index (χ3v) is 4.67. The number of nitrogens with two attached hydrogens (primary N) is 2. The highest BCUT2D eigenvalue weighted by atomic mass is 16.6. The summed E-state index contributed by atoms with van der Waals surface area (Å²) < 4.78 is 0. The summed E-state index contributed by atoms with van der Waals surface area (Å²) >= 11 is 0. The molecule has 21 heavy (non-hydrogen) atoms. The molecule has 3 atom stereocenters. The summed E-state index contributed by atoms with van der Waals surface area (Å²) in [6.07, 6.45) is 2.07. The lowest BCUT2D eigenvalue weighted by molar-refractivity contribution is -0.383. The molecule has 112 valence electrons. The number of nitro benzene ring substituents is 1. The van der Waals surface area contributed by atoms with E-state index in [2.05, 4.69) is 0 Å². The number of hydrogen-bond acceptors (Lipinski definition) is 5. The first-order chi connectivity index (χ1) is 9.97. The van der Waals surface area contributed by atoms with Gasteiger partial charge in [0.15, 0.2) is 0 Å². The van der Waals surface area contributed by atoms with Gasteiger partial charge in [0.1, 0.15) is 5.69 Å². The molecule has 0 spiro atoms. The second kappa shape index (κ2) is 5.00. The average molecular weight is 290 g/mol. The van der Waals surface area contributed by atoms with Crippen molar-refractivity contribution in [2.75, 3.05) is 18.8 Å². The van der Waals surface area contributed by atoms with E-state index in [0.717, 1.165) is 12.8 Å². The van der Waals surface area contributed by atoms with Crippen LogP contribution in [0.25, 0.3) is 0 Å². The number of fused-ring (bicyclic) bond motifs is 1. The molecule has 0 radical (unpaired) electrons. The Morgan fingerprint density at radius 2 is 2.10 bits per heavy atom. The summed E-state index contributed by atoms with van der Waals surface area (Å²) in [6, 6.07) is 4.37. The fourth-order valence-corrected chi connectivity index (χ4v) is 3.49. The SMILES string of the molecule is Nc1ccc(C(=O)N2CC3CCC(N)C3C2)cc1[N+](=O)[O-]. The molecule has 1 aromatic rings. The Morgan fingerprint density at radius 3 is 2.76 bits per heavy atom. The molecular weight excluding hydrogens is 272 g/mol. The molecule has 2 fully saturated rings. The number of likely N-dealkylation sites (tertiary alicyclic amines) is 1. The van der Waals surface area contributed by atoms with Gasteiger partial charge >= 0.3 is 0 Å². The van der Waals surface area contributed by atoms with Crippen molar-refractivity contribution in [2.24, 2.45) is 17.6 Å². The average Bonchev–Trinajstić information content (AvgIpc) is 3.01. The van der Waals surface area contributed by atoms with Gasteiger partial charge in [-0.1, -0.05) is 0 Å². The normalized spacial score (nSPS) is 27.7. The number of nitro groups is 1. The molecule has 1 aliphatic heterocycles. The number of nitrogens with zero attached hydrogens (tertiary/aromatic N) is 2. The van der Waals surface area contributed by atoms with Crippen molar-refractivity contribution in [1.82, 2.24) is 4.90 Å². The standard InChI is InChI=1S/C14H18N4O3/c15-11-3-2-9-6-17(7-10(9)11)14(19)8-1-4-12(16)13(5-8)18(20)21/h1,4-5,9-11H,2-3,6-7,15-16H2. The Kier molecular flexibility index (Phi) is 3.29. The molecular formula is C14H18N4O3. The van der Waals surface area contributed by atoms with E-state index in [1.54, 1.807) is 11.0 Å². The number of amides is 1. The minimum absolute atomic E-state index is 0.0665. The number of anilines is 1. The van der Waals surface area contributed by atoms with Crippen LogP contribution in [0.1, 0.15) is 23.2 Å². The summed E-state index contributed by atoms with van der Waals surface area (Å²) in [5.74, 6) is 0.644. The van der Waals surface area contributed by atoms with Crippen LogP contribution in [-0.2, 0) is 0 Å². The van der Waals surface area contributed by atoms with Crippen LogP contribution < -0.4 is 11.5 Å². The van der Waals surface area contributed by atoms with Crippen molar-refractivity contribution in [2.45, 2.75) is 18.9 Å². The van der Waals surface area contributed by atoms with Crippen molar-refractivity contribution in [3.63, 3.8) is 0 Å². The molecule has 3 rings (SSSR count). The number of rotatable bonds is 2. The lowest BCUT2D eigenvalue weighted by atomic mass is 9.98. The highest BCUT2D eigenvalue weighted by Crippen LogP contribution is 2.37.